The molecule has 32 heavy (non-hydrogen) atoms. The number of hydrogen-bond donors (Lipinski definition) is 1. The molecule has 0 fully saturated rings. The van der Waals surface area contributed by atoms with E-state index in [1.54, 1.807) is 66.7 Å². The lowest BCUT2D eigenvalue weighted by Gasteiger charge is -2.13. The van der Waals surface area contributed by atoms with E-state index in [4.69, 9.17) is 11.6 Å². The quantitative estimate of drug-likeness (QED) is 0.248. The third-order valence-corrected chi connectivity index (χ3v) is 5.89. The second kappa shape index (κ2) is 9.38. The van der Waals surface area contributed by atoms with Crippen LogP contribution in [0.2, 0.25) is 5.02 Å². The SMILES string of the molecule is CC(=O)c1ccc(NC(=O)CSc2nc3ccccc3c(=O)n2-c2cccc(Cl)c2)cc1. The number of rotatable bonds is 6. The lowest BCUT2D eigenvalue weighted by molar-refractivity contribution is -0.113. The number of aromatic nitrogens is 2. The molecule has 4 aromatic rings. The third kappa shape index (κ3) is 4.74. The standard InChI is InChI=1S/C24H18ClN3O3S/c1-15(29)16-9-11-18(12-10-16)26-22(30)14-32-24-27-21-8-3-2-7-20(21)23(31)28(24)19-6-4-5-17(25)13-19/h2-13H,14H2,1H3,(H,26,30). The molecule has 0 saturated heterocycles. The molecule has 0 aliphatic carbocycles. The first-order chi connectivity index (χ1) is 15.4. The number of anilines is 1. The first-order valence-electron chi connectivity index (χ1n) is 9.74. The van der Waals surface area contributed by atoms with Crippen molar-refractivity contribution in [1.82, 2.24) is 9.55 Å². The third-order valence-electron chi connectivity index (χ3n) is 4.72. The highest BCUT2D eigenvalue weighted by Gasteiger charge is 2.15. The maximum atomic E-state index is 13.2. The molecule has 0 spiro atoms. The van der Waals surface area contributed by atoms with Gasteiger partial charge in [-0.1, -0.05) is 41.6 Å². The molecule has 1 N–H and O–H groups in total. The van der Waals surface area contributed by atoms with Gasteiger partial charge in [0.15, 0.2) is 10.9 Å². The molecule has 8 heteroatoms. The van der Waals surface area contributed by atoms with Crippen LogP contribution in [0.4, 0.5) is 5.69 Å². The molecule has 0 radical (unpaired) electrons. The molecule has 0 aliphatic rings. The van der Waals surface area contributed by atoms with Gasteiger partial charge in [0.25, 0.3) is 5.56 Å². The largest absolute Gasteiger partial charge is 0.325 e. The summed E-state index contributed by atoms with van der Waals surface area (Å²) >= 11 is 7.29. The topological polar surface area (TPSA) is 81.1 Å². The number of para-hydroxylation sites is 1. The molecule has 1 heterocycles. The molecule has 160 valence electrons. The highest BCUT2D eigenvalue weighted by atomic mass is 35.5. The Labute approximate surface area is 193 Å². The predicted octanol–water partition coefficient (Wildman–Crippen LogP) is 4.97. The van der Waals surface area contributed by atoms with Crippen LogP contribution in [0.3, 0.4) is 0 Å². The lowest BCUT2D eigenvalue weighted by Crippen LogP contribution is -2.23. The van der Waals surface area contributed by atoms with Crippen LogP contribution in [0.25, 0.3) is 16.6 Å². The van der Waals surface area contributed by atoms with Crippen LogP contribution in [-0.2, 0) is 4.79 Å². The summed E-state index contributed by atoms with van der Waals surface area (Å²) < 4.78 is 1.47. The van der Waals surface area contributed by atoms with Gasteiger partial charge in [0.05, 0.1) is 22.3 Å². The van der Waals surface area contributed by atoms with Gasteiger partial charge in [-0.25, -0.2) is 4.98 Å². The second-order valence-corrected chi connectivity index (χ2v) is 8.38. The van der Waals surface area contributed by atoms with Crippen molar-refractivity contribution in [2.75, 3.05) is 11.1 Å². The van der Waals surface area contributed by atoms with Crippen LogP contribution in [-0.4, -0.2) is 27.0 Å². The van der Waals surface area contributed by atoms with Gasteiger partial charge in [-0.15, -0.1) is 0 Å². The number of Topliss-reactive ketones (excluding diaryl/α,β-unsaturated/α-hetero) is 1. The zero-order valence-electron chi connectivity index (χ0n) is 17.0. The van der Waals surface area contributed by atoms with E-state index < -0.39 is 0 Å². The minimum absolute atomic E-state index is 0.0415. The molecule has 1 amide bonds. The van der Waals surface area contributed by atoms with Crippen LogP contribution < -0.4 is 10.9 Å². The normalized spacial score (nSPS) is 10.8. The minimum Gasteiger partial charge on any atom is -0.325 e. The summed E-state index contributed by atoms with van der Waals surface area (Å²) in [6.07, 6.45) is 0. The molecule has 0 atom stereocenters. The number of halogens is 1. The summed E-state index contributed by atoms with van der Waals surface area (Å²) in [6, 6.07) is 20.7. The van der Waals surface area contributed by atoms with Gasteiger partial charge in [-0.2, -0.15) is 0 Å². The molecule has 4 rings (SSSR count). The Bertz CT molecular complexity index is 1380. The Morgan fingerprint density at radius 3 is 2.50 bits per heavy atom. The molecule has 0 bridgehead atoms. The van der Waals surface area contributed by atoms with Crippen molar-refractivity contribution in [1.29, 1.82) is 0 Å². The van der Waals surface area contributed by atoms with Gasteiger partial charge in [-0.3, -0.25) is 19.0 Å². The Hall–Kier alpha value is -3.42. The van der Waals surface area contributed by atoms with Crippen LogP contribution in [0.15, 0.2) is 82.7 Å². The van der Waals surface area contributed by atoms with E-state index in [1.165, 1.54) is 11.5 Å². The van der Waals surface area contributed by atoms with E-state index in [2.05, 4.69) is 10.3 Å². The fraction of sp³-hybridized carbons (Fsp3) is 0.0833. The van der Waals surface area contributed by atoms with Gasteiger partial charge in [0.2, 0.25) is 5.91 Å². The molecular weight excluding hydrogens is 446 g/mol. The van der Waals surface area contributed by atoms with Crippen molar-refractivity contribution in [2.45, 2.75) is 12.1 Å². The fourth-order valence-corrected chi connectivity index (χ4v) is 4.16. The van der Waals surface area contributed by atoms with E-state index in [1.807, 2.05) is 6.07 Å². The van der Waals surface area contributed by atoms with Crippen molar-refractivity contribution in [2.24, 2.45) is 0 Å². The first-order valence-corrected chi connectivity index (χ1v) is 11.1. The maximum absolute atomic E-state index is 13.2. The van der Waals surface area contributed by atoms with Crippen molar-refractivity contribution < 1.29 is 9.59 Å². The summed E-state index contributed by atoms with van der Waals surface area (Å²) in [5, 5.41) is 4.15. The summed E-state index contributed by atoms with van der Waals surface area (Å²) in [7, 11) is 0. The van der Waals surface area contributed by atoms with E-state index in [9.17, 15) is 14.4 Å². The van der Waals surface area contributed by atoms with Crippen LogP contribution in [0.1, 0.15) is 17.3 Å². The second-order valence-electron chi connectivity index (χ2n) is 7.00. The monoisotopic (exact) mass is 463 g/mol. The van der Waals surface area contributed by atoms with Crippen molar-refractivity contribution in [3.05, 3.63) is 93.7 Å². The average molecular weight is 464 g/mol. The van der Waals surface area contributed by atoms with Crippen molar-refractivity contribution in [3.8, 4) is 5.69 Å². The maximum Gasteiger partial charge on any atom is 0.266 e. The van der Waals surface area contributed by atoms with Gasteiger partial charge in [0.1, 0.15) is 0 Å². The van der Waals surface area contributed by atoms with E-state index in [0.29, 0.717) is 38.0 Å². The number of benzene rings is 3. The number of fused-ring (bicyclic) bond motifs is 1. The summed E-state index contributed by atoms with van der Waals surface area (Å²) in [4.78, 5) is 41.8. The Morgan fingerprint density at radius 1 is 1.03 bits per heavy atom. The smallest absolute Gasteiger partial charge is 0.266 e. The number of nitrogens with zero attached hydrogens (tertiary/aromatic N) is 2. The zero-order valence-corrected chi connectivity index (χ0v) is 18.6. The summed E-state index contributed by atoms with van der Waals surface area (Å²) in [6.45, 7) is 1.49. The predicted molar refractivity (Wildman–Crippen MR) is 128 cm³/mol. The first kappa shape index (κ1) is 21.8. The van der Waals surface area contributed by atoms with Crippen LogP contribution in [0.5, 0.6) is 0 Å². The van der Waals surface area contributed by atoms with E-state index in [0.717, 1.165) is 11.8 Å². The minimum atomic E-state index is -0.259. The highest BCUT2D eigenvalue weighted by molar-refractivity contribution is 7.99. The number of thioether (sulfide) groups is 1. The molecule has 6 nitrogen and oxygen atoms in total. The number of amides is 1. The average Bonchev–Trinajstić information content (AvgIpc) is 2.78. The number of hydrogen-bond acceptors (Lipinski definition) is 5. The van der Waals surface area contributed by atoms with Gasteiger partial charge < -0.3 is 5.32 Å². The molecular formula is C24H18ClN3O3S. The van der Waals surface area contributed by atoms with E-state index >= 15 is 0 Å². The van der Waals surface area contributed by atoms with Crippen LogP contribution in [0, 0.1) is 0 Å². The molecule has 3 aromatic carbocycles. The molecule has 0 aliphatic heterocycles. The number of carbonyl (C=O) groups excluding carboxylic acids is 2. The number of ketones is 1. The number of carbonyl (C=O) groups is 2. The lowest BCUT2D eigenvalue weighted by atomic mass is 10.1. The molecule has 0 unspecified atom stereocenters. The van der Waals surface area contributed by atoms with Crippen LogP contribution >= 0.6 is 23.4 Å². The fourth-order valence-electron chi connectivity index (χ4n) is 3.17. The number of nitrogens with one attached hydrogen (secondary N) is 1. The Morgan fingerprint density at radius 2 is 1.78 bits per heavy atom. The van der Waals surface area contributed by atoms with Gasteiger partial charge in [-0.05, 0) is 61.5 Å². The van der Waals surface area contributed by atoms with Gasteiger partial charge in [0, 0.05) is 16.3 Å². The van der Waals surface area contributed by atoms with E-state index in [-0.39, 0.29) is 23.0 Å². The Kier molecular flexibility index (Phi) is 6.39. The van der Waals surface area contributed by atoms with Crippen molar-refractivity contribution >= 4 is 51.6 Å². The highest BCUT2D eigenvalue weighted by Crippen LogP contribution is 2.23. The zero-order chi connectivity index (χ0) is 22.7. The summed E-state index contributed by atoms with van der Waals surface area (Å²) in [5.41, 5.74) is 2.05. The molecule has 1 aromatic heterocycles. The van der Waals surface area contributed by atoms with Gasteiger partial charge >= 0.3 is 0 Å². The molecule has 0 saturated carbocycles. The summed E-state index contributed by atoms with van der Waals surface area (Å²) in [5.74, 6) is -0.259. The Balaban J connectivity index is 1.62. The van der Waals surface area contributed by atoms with Crippen molar-refractivity contribution in [3.63, 3.8) is 0 Å².